The summed E-state index contributed by atoms with van der Waals surface area (Å²) in [7, 11) is 0. The zero-order chi connectivity index (χ0) is 21.2. The summed E-state index contributed by atoms with van der Waals surface area (Å²) < 4.78 is 5.28. The Bertz CT molecular complexity index is 894. The Hall–Kier alpha value is -3.06. The maximum absolute atomic E-state index is 12.4. The molecule has 3 aromatic rings. The molecule has 30 heavy (non-hydrogen) atoms. The predicted molar refractivity (Wildman–Crippen MR) is 116 cm³/mol. The molecule has 0 bridgehead atoms. The number of hydrogen-bond donors (Lipinski definition) is 1. The van der Waals surface area contributed by atoms with Crippen molar-refractivity contribution < 1.29 is 9.32 Å². The molecule has 0 aliphatic carbocycles. The number of aromatic nitrogens is 3. The summed E-state index contributed by atoms with van der Waals surface area (Å²) in [4.78, 5) is 23.1. The standard InChI is InChI=1S/C23H29N5O2/c1-3-28(4-2)20(16-18-8-6-5-7-9-18)17-25-21(29)10-11-22-26-23(27-30-22)19-12-14-24-15-13-19/h5-9,12-15,20H,3-4,10-11,16-17H2,1-2H3,(H,25,29). The number of nitrogens with zero attached hydrogens (tertiary/aromatic N) is 4. The zero-order valence-electron chi connectivity index (χ0n) is 17.6. The van der Waals surface area contributed by atoms with E-state index in [1.165, 1.54) is 5.56 Å². The minimum absolute atomic E-state index is 0.0103. The van der Waals surface area contributed by atoms with Crippen LogP contribution in [0.15, 0.2) is 59.4 Å². The van der Waals surface area contributed by atoms with Crippen molar-refractivity contribution in [2.45, 2.75) is 39.2 Å². The first-order chi connectivity index (χ1) is 14.7. The molecule has 0 radical (unpaired) electrons. The molecule has 7 nitrogen and oxygen atoms in total. The fourth-order valence-corrected chi connectivity index (χ4v) is 3.47. The number of nitrogens with one attached hydrogen (secondary N) is 1. The first-order valence-corrected chi connectivity index (χ1v) is 10.5. The van der Waals surface area contributed by atoms with Crippen LogP contribution in [0, 0.1) is 0 Å². The molecular weight excluding hydrogens is 378 g/mol. The molecule has 0 spiro atoms. The molecule has 0 saturated carbocycles. The van der Waals surface area contributed by atoms with Crippen LogP contribution >= 0.6 is 0 Å². The molecule has 1 aromatic carbocycles. The summed E-state index contributed by atoms with van der Waals surface area (Å²) in [5.74, 6) is 0.961. The number of likely N-dealkylation sites (N-methyl/N-ethyl adjacent to an activating group) is 1. The molecule has 2 heterocycles. The lowest BCUT2D eigenvalue weighted by Gasteiger charge is -2.30. The van der Waals surface area contributed by atoms with Crippen LogP contribution < -0.4 is 5.32 Å². The van der Waals surface area contributed by atoms with Crippen LogP contribution in [0.1, 0.15) is 31.7 Å². The molecule has 1 N–H and O–H groups in total. The zero-order valence-corrected chi connectivity index (χ0v) is 17.6. The van der Waals surface area contributed by atoms with Gasteiger partial charge in [0.15, 0.2) is 0 Å². The minimum Gasteiger partial charge on any atom is -0.355 e. The Morgan fingerprint density at radius 2 is 1.83 bits per heavy atom. The molecule has 0 saturated heterocycles. The van der Waals surface area contributed by atoms with Crippen LogP contribution in [0.3, 0.4) is 0 Å². The third-order valence-electron chi connectivity index (χ3n) is 5.15. The van der Waals surface area contributed by atoms with Crippen LogP contribution in [0.2, 0.25) is 0 Å². The summed E-state index contributed by atoms with van der Waals surface area (Å²) in [6, 6.07) is 14.3. The van der Waals surface area contributed by atoms with E-state index < -0.39 is 0 Å². The second-order valence-electron chi connectivity index (χ2n) is 7.12. The Labute approximate surface area is 177 Å². The van der Waals surface area contributed by atoms with Crippen molar-refractivity contribution in [1.29, 1.82) is 0 Å². The highest BCUT2D eigenvalue weighted by Crippen LogP contribution is 2.14. The van der Waals surface area contributed by atoms with Crippen LogP contribution in [0.25, 0.3) is 11.4 Å². The van der Waals surface area contributed by atoms with E-state index in [0.29, 0.717) is 31.1 Å². The van der Waals surface area contributed by atoms with E-state index in [4.69, 9.17) is 4.52 Å². The third-order valence-corrected chi connectivity index (χ3v) is 5.15. The fraction of sp³-hybridized carbons (Fsp3) is 0.391. The van der Waals surface area contributed by atoms with E-state index in [-0.39, 0.29) is 11.9 Å². The van der Waals surface area contributed by atoms with Gasteiger partial charge in [0, 0.05) is 43.4 Å². The van der Waals surface area contributed by atoms with Gasteiger partial charge in [0.2, 0.25) is 17.6 Å². The van der Waals surface area contributed by atoms with Gasteiger partial charge in [-0.3, -0.25) is 14.7 Å². The van der Waals surface area contributed by atoms with E-state index in [1.807, 2.05) is 18.2 Å². The SMILES string of the molecule is CCN(CC)C(CNC(=O)CCc1nc(-c2ccncc2)no1)Cc1ccccc1. The predicted octanol–water partition coefficient (Wildman–Crippen LogP) is 3.13. The quantitative estimate of drug-likeness (QED) is 0.526. The topological polar surface area (TPSA) is 84.2 Å². The van der Waals surface area contributed by atoms with Crippen molar-refractivity contribution in [2.24, 2.45) is 0 Å². The fourth-order valence-electron chi connectivity index (χ4n) is 3.47. The molecule has 1 atom stereocenters. The van der Waals surface area contributed by atoms with Crippen molar-refractivity contribution in [3.8, 4) is 11.4 Å². The van der Waals surface area contributed by atoms with Gasteiger partial charge in [-0.25, -0.2) is 0 Å². The molecule has 1 amide bonds. The van der Waals surface area contributed by atoms with E-state index in [0.717, 1.165) is 25.1 Å². The second-order valence-corrected chi connectivity index (χ2v) is 7.12. The highest BCUT2D eigenvalue weighted by Gasteiger charge is 2.18. The highest BCUT2D eigenvalue weighted by atomic mass is 16.5. The van der Waals surface area contributed by atoms with Crippen molar-refractivity contribution >= 4 is 5.91 Å². The van der Waals surface area contributed by atoms with Crippen molar-refractivity contribution in [1.82, 2.24) is 25.3 Å². The van der Waals surface area contributed by atoms with Gasteiger partial charge in [0.1, 0.15) is 0 Å². The third kappa shape index (κ3) is 6.22. The number of carbonyl (C=O) groups excluding carboxylic acids is 1. The number of carbonyl (C=O) groups is 1. The smallest absolute Gasteiger partial charge is 0.227 e. The maximum Gasteiger partial charge on any atom is 0.227 e. The van der Waals surface area contributed by atoms with Crippen LogP contribution in [0.4, 0.5) is 0 Å². The molecule has 0 aliphatic heterocycles. The summed E-state index contributed by atoms with van der Waals surface area (Å²) in [5, 5.41) is 7.06. The molecule has 2 aromatic heterocycles. The van der Waals surface area contributed by atoms with Gasteiger partial charge >= 0.3 is 0 Å². The van der Waals surface area contributed by atoms with Crippen LogP contribution in [0.5, 0.6) is 0 Å². The number of pyridine rings is 1. The maximum atomic E-state index is 12.4. The number of hydrogen-bond acceptors (Lipinski definition) is 6. The van der Waals surface area contributed by atoms with Gasteiger partial charge in [0.25, 0.3) is 0 Å². The normalized spacial score (nSPS) is 12.1. The Morgan fingerprint density at radius 3 is 2.53 bits per heavy atom. The Balaban J connectivity index is 1.51. The Morgan fingerprint density at radius 1 is 1.10 bits per heavy atom. The molecule has 3 rings (SSSR count). The second kappa shape index (κ2) is 11.2. The largest absolute Gasteiger partial charge is 0.355 e. The van der Waals surface area contributed by atoms with E-state index >= 15 is 0 Å². The van der Waals surface area contributed by atoms with Crippen molar-refractivity contribution in [2.75, 3.05) is 19.6 Å². The minimum atomic E-state index is -0.0103. The number of aryl methyl sites for hydroxylation is 1. The van der Waals surface area contributed by atoms with Gasteiger partial charge in [-0.2, -0.15) is 4.98 Å². The lowest BCUT2D eigenvalue weighted by Crippen LogP contribution is -2.45. The van der Waals surface area contributed by atoms with Crippen molar-refractivity contribution in [3.63, 3.8) is 0 Å². The first kappa shape index (κ1) is 21.6. The van der Waals surface area contributed by atoms with E-state index in [9.17, 15) is 4.79 Å². The molecule has 0 aliphatic rings. The van der Waals surface area contributed by atoms with Gasteiger partial charge in [-0.15, -0.1) is 0 Å². The first-order valence-electron chi connectivity index (χ1n) is 10.5. The number of amides is 1. The van der Waals surface area contributed by atoms with E-state index in [2.05, 4.69) is 63.5 Å². The lowest BCUT2D eigenvalue weighted by atomic mass is 10.0. The van der Waals surface area contributed by atoms with Gasteiger partial charge < -0.3 is 9.84 Å². The summed E-state index contributed by atoms with van der Waals surface area (Å²) in [5.41, 5.74) is 2.12. The van der Waals surface area contributed by atoms with Gasteiger partial charge in [-0.05, 0) is 37.2 Å². The average molecular weight is 408 g/mol. The monoisotopic (exact) mass is 407 g/mol. The van der Waals surface area contributed by atoms with Gasteiger partial charge in [0.05, 0.1) is 0 Å². The molecule has 7 heteroatoms. The van der Waals surface area contributed by atoms with Gasteiger partial charge in [-0.1, -0.05) is 49.3 Å². The molecule has 1 unspecified atom stereocenters. The van der Waals surface area contributed by atoms with Crippen LogP contribution in [-0.2, 0) is 17.6 Å². The number of benzene rings is 1. The van der Waals surface area contributed by atoms with Crippen molar-refractivity contribution in [3.05, 3.63) is 66.3 Å². The molecular formula is C23H29N5O2. The number of rotatable bonds is 11. The summed E-state index contributed by atoms with van der Waals surface area (Å²) >= 11 is 0. The lowest BCUT2D eigenvalue weighted by molar-refractivity contribution is -0.121. The summed E-state index contributed by atoms with van der Waals surface area (Å²) in [6.45, 7) is 6.81. The van der Waals surface area contributed by atoms with Crippen LogP contribution in [-0.4, -0.2) is 51.6 Å². The highest BCUT2D eigenvalue weighted by molar-refractivity contribution is 5.76. The van der Waals surface area contributed by atoms with E-state index in [1.54, 1.807) is 12.4 Å². The summed E-state index contributed by atoms with van der Waals surface area (Å²) in [6.07, 6.45) is 5.00. The Kier molecular flexibility index (Phi) is 8.09. The molecule has 158 valence electrons. The molecule has 0 fully saturated rings. The average Bonchev–Trinajstić information content (AvgIpc) is 3.27.